The minimum absolute atomic E-state index is 0.0132. The van der Waals surface area contributed by atoms with Gasteiger partial charge in [0.25, 0.3) is 0 Å². The first-order valence-electron chi connectivity index (χ1n) is 9.26. The Kier molecular flexibility index (Phi) is 6.01. The molecular weight excluding hydrogens is 340 g/mol. The van der Waals surface area contributed by atoms with Gasteiger partial charge in [0.15, 0.2) is 0 Å². The average Bonchev–Trinajstić information content (AvgIpc) is 2.81. The summed E-state index contributed by atoms with van der Waals surface area (Å²) in [5.41, 5.74) is 3.09. The van der Waals surface area contributed by atoms with Crippen LogP contribution in [0.15, 0.2) is 42.5 Å². The number of para-hydroxylation sites is 1. The molecule has 1 aliphatic rings. The highest BCUT2D eigenvalue weighted by Gasteiger charge is 2.29. The second kappa shape index (κ2) is 8.44. The van der Waals surface area contributed by atoms with Crippen molar-refractivity contribution in [1.82, 2.24) is 9.80 Å². The largest absolute Gasteiger partial charge is 0.496 e. The van der Waals surface area contributed by atoms with Gasteiger partial charge in [-0.1, -0.05) is 30.3 Å². The Morgan fingerprint density at radius 1 is 1.26 bits per heavy atom. The number of ether oxygens (including phenoxy) is 2. The third kappa shape index (κ3) is 4.61. The first-order chi connectivity index (χ1) is 13.0. The first kappa shape index (κ1) is 19.2. The molecule has 0 spiro atoms. The van der Waals surface area contributed by atoms with Crippen LogP contribution in [0.5, 0.6) is 11.5 Å². The number of nitrogens with zero attached hydrogens (tertiary/aromatic N) is 2. The van der Waals surface area contributed by atoms with Crippen LogP contribution in [-0.4, -0.2) is 56.1 Å². The number of hydrogen-bond donors (Lipinski definition) is 0. The highest BCUT2D eigenvalue weighted by molar-refractivity contribution is 5.79. The van der Waals surface area contributed by atoms with Crippen LogP contribution < -0.4 is 9.47 Å². The van der Waals surface area contributed by atoms with E-state index in [9.17, 15) is 4.79 Å². The van der Waals surface area contributed by atoms with Gasteiger partial charge in [0.2, 0.25) is 5.91 Å². The predicted molar refractivity (Wildman–Crippen MR) is 106 cm³/mol. The molecule has 5 nitrogen and oxygen atoms in total. The molecule has 2 aromatic carbocycles. The van der Waals surface area contributed by atoms with E-state index >= 15 is 0 Å². The molecule has 0 saturated carbocycles. The molecule has 5 heteroatoms. The molecule has 0 N–H and O–H groups in total. The van der Waals surface area contributed by atoms with E-state index in [0.717, 1.165) is 34.7 Å². The van der Waals surface area contributed by atoms with Gasteiger partial charge in [-0.05, 0) is 44.3 Å². The van der Waals surface area contributed by atoms with E-state index in [0.29, 0.717) is 19.6 Å². The highest BCUT2D eigenvalue weighted by Crippen LogP contribution is 2.26. The first-order valence-corrected chi connectivity index (χ1v) is 9.26. The number of fused-ring (bicyclic) bond motifs is 1. The van der Waals surface area contributed by atoms with Crippen molar-refractivity contribution >= 4 is 5.91 Å². The van der Waals surface area contributed by atoms with Gasteiger partial charge < -0.3 is 19.3 Å². The van der Waals surface area contributed by atoms with Crippen molar-refractivity contribution in [3.8, 4) is 11.5 Å². The topological polar surface area (TPSA) is 42.0 Å². The molecule has 1 aliphatic heterocycles. The Balaban J connectivity index is 1.83. The Morgan fingerprint density at radius 3 is 2.74 bits per heavy atom. The molecule has 0 aromatic heterocycles. The zero-order chi connectivity index (χ0) is 19.4. The third-order valence-electron chi connectivity index (χ3n) is 4.90. The number of amides is 1. The molecule has 1 atom stereocenters. The van der Waals surface area contributed by atoms with Gasteiger partial charge in [-0.15, -0.1) is 0 Å². The summed E-state index contributed by atoms with van der Waals surface area (Å²) >= 11 is 0. The zero-order valence-electron chi connectivity index (χ0n) is 16.6. The van der Waals surface area contributed by atoms with Crippen LogP contribution in [0.2, 0.25) is 0 Å². The lowest BCUT2D eigenvalue weighted by molar-refractivity contribution is -0.134. The maximum atomic E-state index is 13.2. The molecule has 3 rings (SSSR count). The maximum Gasteiger partial charge on any atom is 0.227 e. The quantitative estimate of drug-likeness (QED) is 0.814. The summed E-state index contributed by atoms with van der Waals surface area (Å²) in [5, 5.41) is 0. The standard InChI is InChI=1S/C22H28N2O3/c1-16-11-17(9-10-20(16)26-4)12-22(25)24-13-18-7-5-6-8-21(18)27-15-19(24)14-23(2)3/h5-11,19H,12-15H2,1-4H3/t19-/m1/s1. The van der Waals surface area contributed by atoms with Crippen LogP contribution in [0.3, 0.4) is 0 Å². The van der Waals surface area contributed by atoms with E-state index in [1.807, 2.05) is 68.4 Å². The van der Waals surface area contributed by atoms with Crippen LogP contribution in [0.4, 0.5) is 0 Å². The summed E-state index contributed by atoms with van der Waals surface area (Å²) in [7, 11) is 5.70. The molecule has 0 bridgehead atoms. The Bertz CT molecular complexity index is 804. The number of aryl methyl sites for hydroxylation is 1. The predicted octanol–water partition coefficient (Wildman–Crippen LogP) is 2.90. The van der Waals surface area contributed by atoms with Crippen molar-refractivity contribution in [1.29, 1.82) is 0 Å². The Labute approximate surface area is 161 Å². The monoisotopic (exact) mass is 368 g/mol. The van der Waals surface area contributed by atoms with E-state index in [4.69, 9.17) is 9.47 Å². The van der Waals surface area contributed by atoms with E-state index < -0.39 is 0 Å². The second-order valence-corrected chi connectivity index (χ2v) is 7.34. The number of carbonyl (C=O) groups excluding carboxylic acids is 1. The van der Waals surface area contributed by atoms with Gasteiger partial charge in [-0.3, -0.25) is 4.79 Å². The van der Waals surface area contributed by atoms with Crippen LogP contribution in [0.1, 0.15) is 16.7 Å². The molecule has 1 amide bonds. The minimum Gasteiger partial charge on any atom is -0.496 e. The molecule has 2 aromatic rings. The molecule has 0 saturated heterocycles. The van der Waals surface area contributed by atoms with Gasteiger partial charge in [0.05, 0.1) is 19.6 Å². The van der Waals surface area contributed by atoms with Gasteiger partial charge in [0, 0.05) is 18.7 Å². The number of hydrogen-bond acceptors (Lipinski definition) is 4. The average molecular weight is 368 g/mol. The van der Waals surface area contributed by atoms with Gasteiger partial charge in [-0.25, -0.2) is 0 Å². The molecule has 144 valence electrons. The summed E-state index contributed by atoms with van der Waals surface area (Å²) in [6.07, 6.45) is 0.372. The molecule has 1 heterocycles. The van der Waals surface area contributed by atoms with Gasteiger partial charge in [-0.2, -0.15) is 0 Å². The van der Waals surface area contributed by atoms with Crippen molar-refractivity contribution in [2.75, 3.05) is 34.4 Å². The lowest BCUT2D eigenvalue weighted by Crippen LogP contribution is -2.47. The lowest BCUT2D eigenvalue weighted by Gasteiger charge is -2.31. The lowest BCUT2D eigenvalue weighted by atomic mass is 10.1. The van der Waals surface area contributed by atoms with Crippen molar-refractivity contribution in [3.05, 3.63) is 59.2 Å². The van der Waals surface area contributed by atoms with Crippen molar-refractivity contribution in [2.24, 2.45) is 0 Å². The van der Waals surface area contributed by atoms with Gasteiger partial charge in [0.1, 0.15) is 18.1 Å². The summed E-state index contributed by atoms with van der Waals surface area (Å²) < 4.78 is 11.3. The highest BCUT2D eigenvalue weighted by atomic mass is 16.5. The van der Waals surface area contributed by atoms with Crippen LogP contribution in [-0.2, 0) is 17.8 Å². The normalized spacial score (nSPS) is 16.5. The third-order valence-corrected chi connectivity index (χ3v) is 4.90. The fourth-order valence-electron chi connectivity index (χ4n) is 3.56. The summed E-state index contributed by atoms with van der Waals surface area (Å²) in [4.78, 5) is 17.3. The fourth-order valence-corrected chi connectivity index (χ4v) is 3.56. The maximum absolute atomic E-state index is 13.2. The zero-order valence-corrected chi connectivity index (χ0v) is 16.6. The minimum atomic E-state index is 0.0132. The van der Waals surface area contributed by atoms with Crippen molar-refractivity contribution < 1.29 is 14.3 Å². The van der Waals surface area contributed by atoms with Crippen LogP contribution in [0.25, 0.3) is 0 Å². The molecule has 0 radical (unpaired) electrons. The molecule has 0 unspecified atom stereocenters. The Hall–Kier alpha value is -2.53. The van der Waals surface area contributed by atoms with Crippen molar-refractivity contribution in [2.45, 2.75) is 25.9 Å². The molecule has 0 aliphatic carbocycles. The summed E-state index contributed by atoms with van der Waals surface area (Å²) in [6, 6.07) is 13.9. The van der Waals surface area contributed by atoms with E-state index in [1.165, 1.54) is 0 Å². The molecule has 27 heavy (non-hydrogen) atoms. The summed E-state index contributed by atoms with van der Waals surface area (Å²) in [6.45, 7) is 3.84. The van der Waals surface area contributed by atoms with E-state index in [1.54, 1.807) is 7.11 Å². The number of rotatable bonds is 5. The number of likely N-dealkylation sites (N-methyl/N-ethyl adjacent to an activating group) is 1. The van der Waals surface area contributed by atoms with Crippen molar-refractivity contribution in [3.63, 3.8) is 0 Å². The Morgan fingerprint density at radius 2 is 2.04 bits per heavy atom. The number of carbonyl (C=O) groups is 1. The molecular formula is C22H28N2O3. The van der Waals surface area contributed by atoms with E-state index in [2.05, 4.69) is 4.90 Å². The van der Waals surface area contributed by atoms with Crippen LogP contribution >= 0.6 is 0 Å². The summed E-state index contributed by atoms with van der Waals surface area (Å²) in [5.74, 6) is 1.83. The van der Waals surface area contributed by atoms with Gasteiger partial charge >= 0.3 is 0 Å². The number of methoxy groups -OCH3 is 1. The SMILES string of the molecule is COc1ccc(CC(=O)N2Cc3ccccc3OC[C@H]2CN(C)C)cc1C. The fraction of sp³-hybridized carbons (Fsp3) is 0.409. The number of benzene rings is 2. The second-order valence-electron chi connectivity index (χ2n) is 7.34. The molecule has 0 fully saturated rings. The van der Waals surface area contributed by atoms with Crippen LogP contribution in [0, 0.1) is 6.92 Å². The van der Waals surface area contributed by atoms with E-state index in [-0.39, 0.29) is 11.9 Å². The smallest absolute Gasteiger partial charge is 0.227 e.